The van der Waals surface area contributed by atoms with Gasteiger partial charge in [-0.2, -0.15) is 0 Å². The van der Waals surface area contributed by atoms with Gasteiger partial charge in [0.2, 0.25) is 0 Å². The number of likely N-dealkylation sites (tertiary alicyclic amines) is 1. The van der Waals surface area contributed by atoms with Crippen LogP contribution in [0.2, 0.25) is 0 Å². The molecule has 3 N–H and O–H groups in total. The molecule has 0 aromatic heterocycles. The van der Waals surface area contributed by atoms with E-state index in [9.17, 15) is 0 Å². The summed E-state index contributed by atoms with van der Waals surface area (Å²) >= 11 is 0. The molecule has 0 bridgehead atoms. The van der Waals surface area contributed by atoms with Crippen molar-refractivity contribution in [3.63, 3.8) is 0 Å². The number of likely N-dealkylation sites (N-methyl/N-ethyl adjacent to an activating group) is 1. The number of nitrogens with zero attached hydrogens (tertiary/aromatic N) is 2. The number of ether oxygens (including phenoxy) is 2. The zero-order chi connectivity index (χ0) is 16.7. The number of methoxy groups -OCH3 is 2. The lowest BCUT2D eigenvalue weighted by atomic mass is 10.0. The van der Waals surface area contributed by atoms with E-state index in [2.05, 4.69) is 22.1 Å². The second-order valence-corrected chi connectivity index (χ2v) is 5.70. The van der Waals surface area contributed by atoms with Crippen LogP contribution in [0.4, 0.5) is 5.69 Å². The van der Waals surface area contributed by atoms with Gasteiger partial charge in [-0.3, -0.25) is 9.89 Å². The fourth-order valence-electron chi connectivity index (χ4n) is 2.99. The first-order chi connectivity index (χ1) is 11.2. The molecule has 0 aliphatic carbocycles. The molecule has 1 aromatic rings. The number of guanidine groups is 1. The van der Waals surface area contributed by atoms with Crippen LogP contribution in [-0.2, 0) is 0 Å². The molecule has 0 saturated carbocycles. The molecule has 128 valence electrons. The van der Waals surface area contributed by atoms with Crippen LogP contribution in [0, 0.1) is 0 Å². The molecule has 1 fully saturated rings. The van der Waals surface area contributed by atoms with Crippen molar-refractivity contribution in [3.8, 4) is 11.5 Å². The third-order valence-corrected chi connectivity index (χ3v) is 4.28. The van der Waals surface area contributed by atoms with E-state index in [-0.39, 0.29) is 0 Å². The van der Waals surface area contributed by atoms with Crippen LogP contribution in [0.1, 0.15) is 26.2 Å². The zero-order valence-corrected chi connectivity index (χ0v) is 14.3. The van der Waals surface area contributed by atoms with Crippen molar-refractivity contribution in [2.45, 2.75) is 32.2 Å². The monoisotopic (exact) mass is 320 g/mol. The molecule has 1 saturated heterocycles. The van der Waals surface area contributed by atoms with Gasteiger partial charge in [0.15, 0.2) is 17.5 Å². The predicted molar refractivity (Wildman–Crippen MR) is 94.5 cm³/mol. The van der Waals surface area contributed by atoms with E-state index < -0.39 is 0 Å². The van der Waals surface area contributed by atoms with Crippen molar-refractivity contribution in [1.82, 2.24) is 4.90 Å². The predicted octanol–water partition coefficient (Wildman–Crippen LogP) is 2.30. The molecule has 1 atom stereocenters. The number of benzene rings is 1. The molecule has 1 aromatic carbocycles. The molecule has 0 amide bonds. The van der Waals surface area contributed by atoms with Gasteiger partial charge in [-0.25, -0.2) is 0 Å². The first-order valence-corrected chi connectivity index (χ1v) is 8.21. The summed E-state index contributed by atoms with van der Waals surface area (Å²) in [5, 5.41) is 3.11. The van der Waals surface area contributed by atoms with E-state index in [4.69, 9.17) is 15.2 Å². The van der Waals surface area contributed by atoms with Crippen molar-refractivity contribution < 1.29 is 9.47 Å². The Kier molecular flexibility index (Phi) is 6.52. The van der Waals surface area contributed by atoms with Crippen LogP contribution in [0.15, 0.2) is 23.2 Å². The highest BCUT2D eigenvalue weighted by molar-refractivity contribution is 5.92. The minimum Gasteiger partial charge on any atom is -0.493 e. The average Bonchev–Trinajstić information content (AvgIpc) is 2.60. The smallest absolute Gasteiger partial charge is 0.193 e. The fraction of sp³-hybridized carbons (Fsp3) is 0.588. The molecule has 1 aliphatic heterocycles. The molecule has 1 unspecified atom stereocenters. The maximum absolute atomic E-state index is 6.02. The van der Waals surface area contributed by atoms with Crippen LogP contribution >= 0.6 is 0 Å². The van der Waals surface area contributed by atoms with Gasteiger partial charge in [-0.15, -0.1) is 0 Å². The maximum Gasteiger partial charge on any atom is 0.193 e. The Morgan fingerprint density at radius 1 is 1.30 bits per heavy atom. The highest BCUT2D eigenvalue weighted by Gasteiger charge is 2.20. The summed E-state index contributed by atoms with van der Waals surface area (Å²) in [6.07, 6.45) is 3.76. The summed E-state index contributed by atoms with van der Waals surface area (Å²) < 4.78 is 10.5. The Morgan fingerprint density at radius 3 is 2.78 bits per heavy atom. The van der Waals surface area contributed by atoms with Crippen molar-refractivity contribution in [1.29, 1.82) is 0 Å². The SMILES string of the molecule is CCN1CCCCC1CN=C(N)Nc1ccc(OC)c(OC)c1. The number of aliphatic imine (C=N–C) groups is 1. The van der Waals surface area contributed by atoms with E-state index in [0.29, 0.717) is 23.5 Å². The number of hydrogen-bond donors (Lipinski definition) is 2. The van der Waals surface area contributed by atoms with Gasteiger partial charge >= 0.3 is 0 Å². The van der Waals surface area contributed by atoms with Crippen LogP contribution in [0.5, 0.6) is 11.5 Å². The number of anilines is 1. The number of piperidine rings is 1. The van der Waals surface area contributed by atoms with Crippen LogP contribution in [0.25, 0.3) is 0 Å². The topological polar surface area (TPSA) is 72.1 Å². The summed E-state index contributed by atoms with van der Waals surface area (Å²) in [6.45, 7) is 5.18. The standard InChI is InChI=1S/C17H28N4O2/c1-4-21-10-6-5-7-14(21)12-19-17(18)20-13-8-9-15(22-2)16(11-13)23-3/h8-9,11,14H,4-7,10,12H2,1-3H3,(H3,18,19,20). The molecule has 23 heavy (non-hydrogen) atoms. The molecule has 1 heterocycles. The van der Waals surface area contributed by atoms with E-state index in [1.54, 1.807) is 14.2 Å². The number of hydrogen-bond acceptors (Lipinski definition) is 4. The molecule has 0 radical (unpaired) electrons. The van der Waals surface area contributed by atoms with Crippen molar-refractivity contribution >= 4 is 11.6 Å². The zero-order valence-electron chi connectivity index (χ0n) is 14.3. The Hall–Kier alpha value is -1.95. The summed E-state index contributed by atoms with van der Waals surface area (Å²) in [7, 11) is 3.23. The number of nitrogens with two attached hydrogens (primary N) is 1. The Morgan fingerprint density at radius 2 is 2.09 bits per heavy atom. The average molecular weight is 320 g/mol. The fourth-order valence-corrected chi connectivity index (χ4v) is 2.99. The van der Waals surface area contributed by atoms with E-state index in [1.165, 1.54) is 25.8 Å². The normalized spacial score (nSPS) is 19.4. The Labute approximate surface area is 138 Å². The first kappa shape index (κ1) is 17.4. The Balaban J connectivity index is 1.96. The Bertz CT molecular complexity index is 533. The maximum atomic E-state index is 6.02. The van der Waals surface area contributed by atoms with Crippen LogP contribution < -0.4 is 20.5 Å². The van der Waals surface area contributed by atoms with Crippen LogP contribution in [-0.4, -0.2) is 50.8 Å². The molecular formula is C17H28N4O2. The third kappa shape index (κ3) is 4.76. The second-order valence-electron chi connectivity index (χ2n) is 5.70. The summed E-state index contributed by atoms with van der Waals surface area (Å²) in [5.41, 5.74) is 6.85. The molecule has 0 spiro atoms. The molecule has 6 nitrogen and oxygen atoms in total. The van der Waals surface area contributed by atoms with Crippen molar-refractivity contribution in [2.24, 2.45) is 10.7 Å². The lowest BCUT2D eigenvalue weighted by molar-refractivity contribution is 0.161. The molecule has 6 heteroatoms. The highest BCUT2D eigenvalue weighted by Crippen LogP contribution is 2.29. The van der Waals surface area contributed by atoms with Gasteiger partial charge in [0, 0.05) is 17.8 Å². The van der Waals surface area contributed by atoms with Gasteiger partial charge in [-0.05, 0) is 38.1 Å². The summed E-state index contributed by atoms with van der Waals surface area (Å²) in [4.78, 5) is 6.99. The quantitative estimate of drug-likeness (QED) is 0.621. The summed E-state index contributed by atoms with van der Waals surface area (Å²) in [6, 6.07) is 6.08. The largest absolute Gasteiger partial charge is 0.493 e. The van der Waals surface area contributed by atoms with Gasteiger partial charge in [0.25, 0.3) is 0 Å². The minimum absolute atomic E-state index is 0.429. The number of nitrogens with one attached hydrogen (secondary N) is 1. The molecule has 1 aliphatic rings. The highest BCUT2D eigenvalue weighted by atomic mass is 16.5. The van der Waals surface area contributed by atoms with E-state index in [0.717, 1.165) is 18.8 Å². The first-order valence-electron chi connectivity index (χ1n) is 8.21. The molecule has 2 rings (SSSR count). The minimum atomic E-state index is 0.429. The van der Waals surface area contributed by atoms with Gasteiger partial charge in [-0.1, -0.05) is 13.3 Å². The lowest BCUT2D eigenvalue weighted by Crippen LogP contribution is -2.41. The van der Waals surface area contributed by atoms with E-state index >= 15 is 0 Å². The second kappa shape index (κ2) is 8.62. The van der Waals surface area contributed by atoms with Gasteiger partial charge in [0.05, 0.1) is 20.8 Å². The number of rotatable bonds is 6. The lowest BCUT2D eigenvalue weighted by Gasteiger charge is -2.33. The van der Waals surface area contributed by atoms with Gasteiger partial charge in [0.1, 0.15) is 0 Å². The molecular weight excluding hydrogens is 292 g/mol. The van der Waals surface area contributed by atoms with Gasteiger partial charge < -0.3 is 20.5 Å². The summed E-state index contributed by atoms with van der Waals surface area (Å²) in [5.74, 6) is 1.78. The van der Waals surface area contributed by atoms with Crippen molar-refractivity contribution in [2.75, 3.05) is 39.2 Å². The van der Waals surface area contributed by atoms with E-state index in [1.807, 2.05) is 18.2 Å². The van der Waals surface area contributed by atoms with Crippen molar-refractivity contribution in [3.05, 3.63) is 18.2 Å². The van der Waals surface area contributed by atoms with Crippen LogP contribution in [0.3, 0.4) is 0 Å². The third-order valence-electron chi connectivity index (χ3n) is 4.28.